The number of imidazole rings is 1. The van der Waals surface area contributed by atoms with Crippen molar-refractivity contribution in [1.82, 2.24) is 13.9 Å². The van der Waals surface area contributed by atoms with Crippen LogP contribution in [0.5, 0.6) is 5.75 Å². The van der Waals surface area contributed by atoms with E-state index in [1.165, 1.54) is 0 Å². The van der Waals surface area contributed by atoms with Gasteiger partial charge < -0.3 is 4.74 Å². The molecule has 0 aromatic carbocycles. The summed E-state index contributed by atoms with van der Waals surface area (Å²) in [5.74, 6) is 1.63. The molecule has 0 amide bonds. The number of hydrogen-bond donors (Lipinski definition) is 0. The third-order valence-corrected chi connectivity index (χ3v) is 4.25. The molecule has 0 aliphatic rings. The minimum atomic E-state index is 0.790. The molecule has 3 aromatic rings. The third-order valence-electron chi connectivity index (χ3n) is 2.54. The summed E-state index contributed by atoms with van der Waals surface area (Å²) in [5.41, 5.74) is 3.20. The van der Waals surface area contributed by atoms with Gasteiger partial charge in [-0.25, -0.2) is 4.98 Å². The van der Waals surface area contributed by atoms with E-state index >= 15 is 0 Å². The van der Waals surface area contributed by atoms with Gasteiger partial charge in [-0.3, -0.25) is 8.96 Å². The smallest absolute Gasteiger partial charge is 0.122 e. The summed E-state index contributed by atoms with van der Waals surface area (Å²) in [6.45, 7) is 0. The Labute approximate surface area is 113 Å². The van der Waals surface area contributed by atoms with Gasteiger partial charge in [0.05, 0.1) is 24.1 Å². The van der Waals surface area contributed by atoms with Crippen molar-refractivity contribution < 1.29 is 4.74 Å². The summed E-state index contributed by atoms with van der Waals surface area (Å²) in [4.78, 5) is 8.65. The molecule has 0 spiro atoms. The predicted octanol–water partition coefficient (Wildman–Crippen LogP) is 3.20. The van der Waals surface area contributed by atoms with Crippen LogP contribution in [-0.4, -0.2) is 21.1 Å². The van der Waals surface area contributed by atoms with Gasteiger partial charge in [-0.05, 0) is 18.0 Å². The molecule has 0 saturated carbocycles. The van der Waals surface area contributed by atoms with E-state index in [4.69, 9.17) is 4.74 Å². The normalized spacial score (nSPS) is 10.9. The van der Waals surface area contributed by atoms with E-state index in [0.717, 1.165) is 28.2 Å². The molecule has 3 heterocycles. The predicted molar refractivity (Wildman–Crippen MR) is 75.1 cm³/mol. The van der Waals surface area contributed by atoms with Crippen molar-refractivity contribution in [3.05, 3.63) is 41.1 Å². The lowest BCUT2D eigenvalue weighted by atomic mass is 10.3. The Morgan fingerprint density at radius 3 is 3.22 bits per heavy atom. The lowest BCUT2D eigenvalue weighted by Crippen LogP contribution is -1.91. The van der Waals surface area contributed by atoms with Crippen LogP contribution in [0.3, 0.4) is 0 Å². The number of nitrogens with zero attached hydrogens (tertiary/aromatic N) is 3. The van der Waals surface area contributed by atoms with E-state index in [2.05, 4.69) is 24.7 Å². The molecule has 18 heavy (non-hydrogen) atoms. The van der Waals surface area contributed by atoms with Crippen LogP contribution >= 0.6 is 23.3 Å². The molecule has 0 bridgehead atoms. The molecule has 3 aromatic heterocycles. The van der Waals surface area contributed by atoms with Gasteiger partial charge in [0.25, 0.3) is 0 Å². The lowest BCUT2D eigenvalue weighted by Gasteiger charge is -2.04. The van der Waals surface area contributed by atoms with Crippen molar-refractivity contribution in [2.24, 2.45) is 0 Å². The Morgan fingerprint density at radius 2 is 2.33 bits per heavy atom. The molecule has 0 fully saturated rings. The van der Waals surface area contributed by atoms with E-state index in [1.807, 2.05) is 18.5 Å². The molecule has 0 atom stereocenters. The molecule has 0 aliphatic carbocycles. The molecule has 92 valence electrons. The summed E-state index contributed by atoms with van der Waals surface area (Å²) >= 11 is 3.35. The minimum Gasteiger partial charge on any atom is -0.497 e. The van der Waals surface area contributed by atoms with Crippen molar-refractivity contribution in [2.75, 3.05) is 7.11 Å². The van der Waals surface area contributed by atoms with Gasteiger partial charge in [-0.15, -0.1) is 11.3 Å². The van der Waals surface area contributed by atoms with Crippen LogP contribution in [0.25, 0.3) is 11.0 Å². The Bertz CT molecular complexity index is 662. The zero-order chi connectivity index (χ0) is 12.4. The highest BCUT2D eigenvalue weighted by Crippen LogP contribution is 2.24. The topological polar surface area (TPSA) is 39.9 Å². The molecule has 0 N–H and O–H groups in total. The van der Waals surface area contributed by atoms with E-state index < -0.39 is 0 Å². The van der Waals surface area contributed by atoms with Gasteiger partial charge in [-0.2, -0.15) is 0 Å². The molecular formula is C12H11N3OS2. The van der Waals surface area contributed by atoms with E-state index in [9.17, 15) is 0 Å². The number of methoxy groups -OCH3 is 1. The average molecular weight is 277 g/mol. The monoisotopic (exact) mass is 277 g/mol. The van der Waals surface area contributed by atoms with Crippen LogP contribution < -0.4 is 4.74 Å². The van der Waals surface area contributed by atoms with Gasteiger partial charge in [0, 0.05) is 23.0 Å². The molecule has 0 saturated heterocycles. The Hall–Kier alpha value is -1.53. The fourth-order valence-electron chi connectivity index (χ4n) is 1.62. The van der Waals surface area contributed by atoms with Crippen molar-refractivity contribution in [1.29, 1.82) is 0 Å². The highest BCUT2D eigenvalue weighted by molar-refractivity contribution is 7.97. The van der Waals surface area contributed by atoms with Crippen LogP contribution in [0.4, 0.5) is 0 Å². The number of rotatable bonds is 4. The van der Waals surface area contributed by atoms with Crippen LogP contribution in [0.1, 0.15) is 5.69 Å². The van der Waals surface area contributed by atoms with Crippen LogP contribution in [0, 0.1) is 0 Å². The maximum absolute atomic E-state index is 5.18. The van der Waals surface area contributed by atoms with Gasteiger partial charge in [0.2, 0.25) is 0 Å². The number of ether oxygens (including phenoxy) is 1. The summed E-state index contributed by atoms with van der Waals surface area (Å²) in [6, 6.07) is 3.80. The lowest BCUT2D eigenvalue weighted by molar-refractivity contribution is 0.413. The summed E-state index contributed by atoms with van der Waals surface area (Å²) < 4.78 is 7.26. The first-order valence-corrected chi connectivity index (χ1v) is 7.27. The molecule has 0 radical (unpaired) electrons. The third kappa shape index (κ3) is 2.21. The SMILES string of the molecule is COc1ccnc(CSn2cnc3cscc32)c1. The van der Waals surface area contributed by atoms with E-state index in [-0.39, 0.29) is 0 Å². The summed E-state index contributed by atoms with van der Waals surface area (Å²) in [7, 11) is 1.66. The first kappa shape index (κ1) is 11.6. The van der Waals surface area contributed by atoms with Crippen LogP contribution in [0.15, 0.2) is 35.4 Å². The zero-order valence-corrected chi connectivity index (χ0v) is 11.4. The van der Waals surface area contributed by atoms with Gasteiger partial charge >= 0.3 is 0 Å². The number of pyridine rings is 1. The first-order chi connectivity index (χ1) is 8.86. The minimum absolute atomic E-state index is 0.790. The van der Waals surface area contributed by atoms with Crippen LogP contribution in [-0.2, 0) is 5.75 Å². The van der Waals surface area contributed by atoms with Crippen molar-refractivity contribution in [2.45, 2.75) is 5.75 Å². The number of thiophene rings is 1. The van der Waals surface area contributed by atoms with E-state index in [1.54, 1.807) is 36.6 Å². The molecule has 6 heteroatoms. The van der Waals surface area contributed by atoms with Gasteiger partial charge in [-0.1, -0.05) is 0 Å². The van der Waals surface area contributed by atoms with Gasteiger partial charge in [0.15, 0.2) is 0 Å². The largest absolute Gasteiger partial charge is 0.497 e. The van der Waals surface area contributed by atoms with Crippen molar-refractivity contribution >= 4 is 34.3 Å². The van der Waals surface area contributed by atoms with Crippen molar-refractivity contribution in [3.63, 3.8) is 0 Å². The quantitative estimate of drug-likeness (QED) is 0.734. The fourth-order valence-corrected chi connectivity index (χ4v) is 3.26. The summed E-state index contributed by atoms with van der Waals surface area (Å²) in [5, 5.41) is 4.16. The first-order valence-electron chi connectivity index (χ1n) is 5.38. The molecule has 0 aliphatic heterocycles. The summed E-state index contributed by atoms with van der Waals surface area (Å²) in [6.07, 6.45) is 3.62. The molecular weight excluding hydrogens is 266 g/mol. The zero-order valence-electron chi connectivity index (χ0n) is 9.74. The molecule has 0 unspecified atom stereocenters. The fraction of sp³-hybridized carbons (Fsp3) is 0.167. The number of hydrogen-bond acceptors (Lipinski definition) is 5. The van der Waals surface area contributed by atoms with Crippen molar-refractivity contribution in [3.8, 4) is 5.75 Å². The maximum Gasteiger partial charge on any atom is 0.122 e. The van der Waals surface area contributed by atoms with E-state index in [0.29, 0.717) is 0 Å². The average Bonchev–Trinajstić information content (AvgIpc) is 3.00. The highest BCUT2D eigenvalue weighted by Gasteiger charge is 2.05. The van der Waals surface area contributed by atoms with Gasteiger partial charge in [0.1, 0.15) is 17.6 Å². The molecule has 4 nitrogen and oxygen atoms in total. The standard InChI is InChI=1S/C12H11N3OS2/c1-16-10-2-3-13-9(4-10)5-18-15-8-14-11-6-17-7-12(11)15/h2-4,6-8H,5H2,1H3. The highest BCUT2D eigenvalue weighted by atomic mass is 32.2. The number of aromatic nitrogens is 3. The van der Waals surface area contributed by atoms with Crippen LogP contribution in [0.2, 0.25) is 0 Å². The molecule has 3 rings (SSSR count). The number of fused-ring (bicyclic) bond motifs is 1. The Morgan fingerprint density at radius 1 is 1.39 bits per heavy atom. The Balaban J connectivity index is 1.76. The second kappa shape index (κ2) is 4.99. The second-order valence-corrected chi connectivity index (χ2v) is 5.36. The maximum atomic E-state index is 5.18. The Kier molecular flexibility index (Phi) is 3.21. The second-order valence-electron chi connectivity index (χ2n) is 3.67.